The maximum absolute atomic E-state index is 13.5. The van der Waals surface area contributed by atoms with Gasteiger partial charge in [-0.05, 0) is 36.1 Å². The van der Waals surface area contributed by atoms with Crippen molar-refractivity contribution in [1.29, 1.82) is 0 Å². The maximum Gasteiger partial charge on any atom is 0.421 e. The second kappa shape index (κ2) is 8.99. The molecule has 3 aromatic rings. The average Bonchev–Trinajstić information content (AvgIpc) is 2.69. The van der Waals surface area contributed by atoms with Crippen LogP contribution in [-0.2, 0) is 12.6 Å². The summed E-state index contributed by atoms with van der Waals surface area (Å²) in [5.74, 6) is -0.149. The fourth-order valence-corrected chi connectivity index (χ4v) is 2.93. The minimum absolute atomic E-state index is 0.0781. The van der Waals surface area contributed by atoms with Crippen LogP contribution >= 0.6 is 0 Å². The molecule has 162 valence electrons. The largest absolute Gasteiger partial charge is 0.421 e. The number of nitrogens with zero attached hydrogens (tertiary/aromatic N) is 3. The van der Waals surface area contributed by atoms with Gasteiger partial charge in [0.25, 0.3) is 5.69 Å². The van der Waals surface area contributed by atoms with Crippen molar-refractivity contribution < 1.29 is 18.1 Å². The number of anilines is 4. The third-order valence-corrected chi connectivity index (χ3v) is 4.33. The van der Waals surface area contributed by atoms with Crippen LogP contribution in [0.15, 0.2) is 54.7 Å². The lowest BCUT2D eigenvalue weighted by Crippen LogP contribution is -2.13. The lowest BCUT2D eigenvalue weighted by atomic mass is 10.0. The van der Waals surface area contributed by atoms with Gasteiger partial charge in [-0.15, -0.1) is 0 Å². The van der Waals surface area contributed by atoms with Crippen LogP contribution in [0.1, 0.15) is 25.0 Å². The van der Waals surface area contributed by atoms with Gasteiger partial charge >= 0.3 is 6.18 Å². The summed E-state index contributed by atoms with van der Waals surface area (Å²) in [5, 5.41) is 16.3. The van der Waals surface area contributed by atoms with Crippen molar-refractivity contribution in [2.75, 3.05) is 10.6 Å². The van der Waals surface area contributed by atoms with E-state index in [1.165, 1.54) is 24.3 Å². The number of nitrogens with one attached hydrogen (secondary N) is 2. The van der Waals surface area contributed by atoms with Crippen LogP contribution < -0.4 is 10.6 Å². The van der Waals surface area contributed by atoms with Gasteiger partial charge in [-0.1, -0.05) is 32.0 Å². The quantitative estimate of drug-likeness (QED) is 0.347. The minimum atomic E-state index is -4.65. The summed E-state index contributed by atoms with van der Waals surface area (Å²) in [7, 11) is 0. The van der Waals surface area contributed by atoms with Crippen LogP contribution in [0.25, 0.3) is 0 Å². The van der Waals surface area contributed by atoms with Crippen LogP contribution in [0.2, 0.25) is 0 Å². The number of non-ortho nitro benzene ring substituents is 1. The highest BCUT2D eigenvalue weighted by atomic mass is 19.4. The molecule has 0 aliphatic carbocycles. The average molecular weight is 431 g/mol. The van der Waals surface area contributed by atoms with Crippen molar-refractivity contribution in [2.24, 2.45) is 5.92 Å². The highest BCUT2D eigenvalue weighted by Crippen LogP contribution is 2.36. The molecule has 7 nitrogen and oxygen atoms in total. The van der Waals surface area contributed by atoms with E-state index in [1.54, 1.807) is 12.1 Å². The molecule has 0 bridgehead atoms. The highest BCUT2D eigenvalue weighted by molar-refractivity contribution is 5.65. The lowest BCUT2D eigenvalue weighted by molar-refractivity contribution is -0.384. The molecule has 0 amide bonds. The first kappa shape index (κ1) is 22.0. The van der Waals surface area contributed by atoms with E-state index >= 15 is 0 Å². The van der Waals surface area contributed by atoms with Crippen LogP contribution in [-0.4, -0.2) is 14.9 Å². The van der Waals surface area contributed by atoms with Crippen LogP contribution in [0.5, 0.6) is 0 Å². The number of rotatable bonds is 7. The molecule has 1 heterocycles. The monoisotopic (exact) mass is 431 g/mol. The van der Waals surface area contributed by atoms with Crippen molar-refractivity contribution in [3.8, 4) is 0 Å². The Morgan fingerprint density at radius 1 is 1.06 bits per heavy atom. The number of hydrogen-bond acceptors (Lipinski definition) is 6. The lowest BCUT2D eigenvalue weighted by Gasteiger charge is -2.17. The smallest absolute Gasteiger partial charge is 0.339 e. The van der Waals surface area contributed by atoms with Crippen molar-refractivity contribution in [3.63, 3.8) is 0 Å². The SMILES string of the molecule is CC(C)Cc1ccccc1Nc1nc(Nc2ccc([N+](=O)[O-])cc2)ncc1C(F)(F)F. The number of halogens is 3. The first-order chi connectivity index (χ1) is 14.6. The van der Waals surface area contributed by atoms with E-state index in [2.05, 4.69) is 20.6 Å². The van der Waals surface area contributed by atoms with Crippen LogP contribution in [0.3, 0.4) is 0 Å². The molecule has 0 unspecified atom stereocenters. The molecular weight excluding hydrogens is 411 g/mol. The van der Waals surface area contributed by atoms with Gasteiger partial charge in [0.15, 0.2) is 0 Å². The Morgan fingerprint density at radius 3 is 2.35 bits per heavy atom. The predicted octanol–water partition coefficient (Wildman–Crippen LogP) is 6.09. The van der Waals surface area contributed by atoms with Gasteiger partial charge in [0.2, 0.25) is 5.95 Å². The molecule has 0 aliphatic heterocycles. The minimum Gasteiger partial charge on any atom is -0.339 e. The van der Waals surface area contributed by atoms with Gasteiger partial charge in [0.1, 0.15) is 11.4 Å². The zero-order valence-electron chi connectivity index (χ0n) is 16.8. The summed E-state index contributed by atoms with van der Waals surface area (Å²) in [6, 6.07) is 12.5. The molecule has 10 heteroatoms. The van der Waals surface area contributed by atoms with Gasteiger partial charge in [0, 0.05) is 29.7 Å². The van der Waals surface area contributed by atoms with E-state index in [0.717, 1.165) is 5.56 Å². The Balaban J connectivity index is 1.94. The number of nitro benzene ring substituents is 1. The molecule has 2 N–H and O–H groups in total. The number of alkyl halides is 3. The molecule has 0 spiro atoms. The zero-order chi connectivity index (χ0) is 22.6. The van der Waals surface area contributed by atoms with Crippen molar-refractivity contribution >= 4 is 28.8 Å². The van der Waals surface area contributed by atoms with Crippen molar-refractivity contribution in [2.45, 2.75) is 26.4 Å². The topological polar surface area (TPSA) is 93.0 Å². The normalized spacial score (nSPS) is 11.4. The van der Waals surface area contributed by atoms with E-state index in [0.29, 0.717) is 29.9 Å². The fourth-order valence-electron chi connectivity index (χ4n) is 2.93. The molecule has 0 atom stereocenters. The third kappa shape index (κ3) is 5.68. The first-order valence-corrected chi connectivity index (χ1v) is 9.44. The molecule has 0 saturated heterocycles. The zero-order valence-corrected chi connectivity index (χ0v) is 16.8. The molecule has 0 aliphatic rings. The highest BCUT2D eigenvalue weighted by Gasteiger charge is 2.35. The molecule has 0 fully saturated rings. The second-order valence-corrected chi connectivity index (χ2v) is 7.26. The first-order valence-electron chi connectivity index (χ1n) is 9.44. The Bertz CT molecular complexity index is 1070. The summed E-state index contributed by atoms with van der Waals surface area (Å²) >= 11 is 0. The van der Waals surface area contributed by atoms with E-state index < -0.39 is 16.7 Å². The molecule has 2 aromatic carbocycles. The molecule has 3 rings (SSSR count). The Labute approximate surface area is 176 Å². The maximum atomic E-state index is 13.5. The van der Waals surface area contributed by atoms with Gasteiger partial charge in [-0.25, -0.2) is 4.98 Å². The molecule has 1 aromatic heterocycles. The van der Waals surface area contributed by atoms with Gasteiger partial charge in [-0.3, -0.25) is 10.1 Å². The van der Waals surface area contributed by atoms with Gasteiger partial charge < -0.3 is 10.6 Å². The summed E-state index contributed by atoms with van der Waals surface area (Å²) in [6.07, 6.45) is -3.27. The fraction of sp³-hybridized carbons (Fsp3) is 0.238. The summed E-state index contributed by atoms with van der Waals surface area (Å²) in [6.45, 7) is 4.05. The summed E-state index contributed by atoms with van der Waals surface area (Å²) < 4.78 is 40.6. The molecule has 31 heavy (non-hydrogen) atoms. The van der Waals surface area contributed by atoms with Crippen molar-refractivity contribution in [3.05, 3.63) is 76.0 Å². The third-order valence-electron chi connectivity index (χ3n) is 4.33. The number of aromatic nitrogens is 2. The number of hydrogen-bond donors (Lipinski definition) is 2. The van der Waals surface area contributed by atoms with E-state index in [4.69, 9.17) is 0 Å². The summed E-state index contributed by atoms with van der Waals surface area (Å²) in [5.41, 5.74) is 0.691. The number of nitro groups is 1. The van der Waals surface area contributed by atoms with Crippen molar-refractivity contribution in [1.82, 2.24) is 9.97 Å². The number of para-hydroxylation sites is 1. The Kier molecular flexibility index (Phi) is 6.38. The molecular formula is C21H20F3N5O2. The molecule has 0 saturated carbocycles. The van der Waals surface area contributed by atoms with Gasteiger partial charge in [0.05, 0.1) is 4.92 Å². The second-order valence-electron chi connectivity index (χ2n) is 7.26. The Morgan fingerprint density at radius 2 is 1.74 bits per heavy atom. The number of benzene rings is 2. The van der Waals surface area contributed by atoms with E-state index in [9.17, 15) is 23.3 Å². The van der Waals surface area contributed by atoms with Gasteiger partial charge in [-0.2, -0.15) is 18.2 Å². The Hall–Kier alpha value is -3.69. The van der Waals surface area contributed by atoms with E-state index in [1.807, 2.05) is 26.0 Å². The van der Waals surface area contributed by atoms with Crippen LogP contribution in [0.4, 0.5) is 42.0 Å². The summed E-state index contributed by atoms with van der Waals surface area (Å²) in [4.78, 5) is 18.0. The predicted molar refractivity (Wildman–Crippen MR) is 112 cm³/mol. The van der Waals surface area contributed by atoms with Crippen LogP contribution in [0, 0.1) is 16.0 Å². The molecule has 0 radical (unpaired) electrons. The van der Waals surface area contributed by atoms with E-state index in [-0.39, 0.29) is 17.5 Å². The standard InChI is InChI=1S/C21H20F3N5O2/c1-13(2)11-14-5-3-4-6-18(14)27-19-17(21(22,23)24)12-25-20(28-19)26-15-7-9-16(10-8-15)29(30)31/h3-10,12-13H,11H2,1-2H3,(H2,25,26,27,28).